The Morgan fingerprint density at radius 1 is 1.00 bits per heavy atom. The Bertz CT molecular complexity index is 703. The van der Waals surface area contributed by atoms with Gasteiger partial charge >= 0.3 is 0 Å². The molecule has 0 aliphatic carbocycles. The van der Waals surface area contributed by atoms with E-state index in [4.69, 9.17) is 11.6 Å². The molecule has 0 unspecified atom stereocenters. The number of nitrogens with zero attached hydrogens (tertiary/aromatic N) is 2. The van der Waals surface area contributed by atoms with Crippen molar-refractivity contribution in [2.75, 3.05) is 31.1 Å². The first-order valence-electron chi connectivity index (χ1n) is 7.42. The Labute approximate surface area is 138 Å². The summed E-state index contributed by atoms with van der Waals surface area (Å²) in [6.45, 7) is 3.32. The van der Waals surface area contributed by atoms with Gasteiger partial charge in [-0.15, -0.1) is 0 Å². The molecule has 1 fully saturated rings. The molecule has 0 radical (unpaired) electrons. The molecule has 1 saturated heterocycles. The Balaban J connectivity index is 1.63. The Kier molecular flexibility index (Phi) is 4.68. The molecule has 1 N–H and O–H groups in total. The number of phenols is 1. The van der Waals surface area contributed by atoms with Crippen LogP contribution in [0.1, 0.15) is 5.56 Å². The third kappa shape index (κ3) is 3.74. The molecule has 0 atom stereocenters. The Morgan fingerprint density at radius 2 is 1.74 bits per heavy atom. The second-order valence-electron chi connectivity index (χ2n) is 5.63. The minimum atomic E-state index is -0.568. The van der Waals surface area contributed by atoms with Gasteiger partial charge in [0.05, 0.1) is 5.69 Å². The molecule has 1 aliphatic heterocycles. The van der Waals surface area contributed by atoms with E-state index in [-0.39, 0.29) is 5.75 Å². The molecule has 6 heteroatoms. The molecule has 0 bridgehead atoms. The molecule has 2 aromatic carbocycles. The van der Waals surface area contributed by atoms with E-state index in [0.717, 1.165) is 24.7 Å². The highest BCUT2D eigenvalue weighted by atomic mass is 35.5. The van der Waals surface area contributed by atoms with Gasteiger partial charge < -0.3 is 10.0 Å². The van der Waals surface area contributed by atoms with Crippen LogP contribution in [0.25, 0.3) is 0 Å². The van der Waals surface area contributed by atoms with Crippen molar-refractivity contribution in [3.05, 3.63) is 58.6 Å². The van der Waals surface area contributed by atoms with Crippen LogP contribution >= 0.6 is 11.6 Å². The second kappa shape index (κ2) is 6.72. The summed E-state index contributed by atoms with van der Waals surface area (Å²) < 4.78 is 26.8. The number of hydrogen-bond donors (Lipinski definition) is 1. The first-order valence-corrected chi connectivity index (χ1v) is 7.80. The van der Waals surface area contributed by atoms with Gasteiger partial charge in [0.1, 0.15) is 17.4 Å². The Morgan fingerprint density at radius 3 is 2.43 bits per heavy atom. The number of benzene rings is 2. The number of halogens is 3. The summed E-state index contributed by atoms with van der Waals surface area (Å²) in [6, 6.07) is 8.64. The number of piperazine rings is 1. The van der Waals surface area contributed by atoms with Gasteiger partial charge in [-0.2, -0.15) is 0 Å². The number of rotatable bonds is 3. The zero-order chi connectivity index (χ0) is 16.4. The van der Waals surface area contributed by atoms with Crippen LogP contribution < -0.4 is 4.90 Å². The van der Waals surface area contributed by atoms with Crippen LogP contribution in [0.3, 0.4) is 0 Å². The molecule has 0 amide bonds. The van der Waals surface area contributed by atoms with Gasteiger partial charge in [0.15, 0.2) is 0 Å². The quantitative estimate of drug-likeness (QED) is 0.925. The minimum absolute atomic E-state index is 0.224. The van der Waals surface area contributed by atoms with Crippen molar-refractivity contribution < 1.29 is 13.9 Å². The van der Waals surface area contributed by atoms with Gasteiger partial charge in [-0.25, -0.2) is 8.78 Å². The summed E-state index contributed by atoms with van der Waals surface area (Å²) in [7, 11) is 0. The van der Waals surface area contributed by atoms with E-state index in [2.05, 4.69) is 4.90 Å². The lowest BCUT2D eigenvalue weighted by Gasteiger charge is -2.36. The summed E-state index contributed by atoms with van der Waals surface area (Å²) in [4.78, 5) is 4.08. The van der Waals surface area contributed by atoms with Gasteiger partial charge in [0, 0.05) is 49.4 Å². The van der Waals surface area contributed by atoms with Crippen LogP contribution in [-0.2, 0) is 6.54 Å². The Hall–Kier alpha value is -1.85. The highest BCUT2D eigenvalue weighted by Gasteiger charge is 2.20. The highest BCUT2D eigenvalue weighted by Crippen LogP contribution is 2.25. The van der Waals surface area contributed by atoms with Crippen molar-refractivity contribution in [3.8, 4) is 5.75 Å². The van der Waals surface area contributed by atoms with Gasteiger partial charge in [0.2, 0.25) is 0 Å². The summed E-state index contributed by atoms with van der Waals surface area (Å²) >= 11 is 5.96. The molecule has 1 aliphatic rings. The molecule has 0 saturated carbocycles. The van der Waals surface area contributed by atoms with Crippen molar-refractivity contribution in [3.63, 3.8) is 0 Å². The van der Waals surface area contributed by atoms with Gasteiger partial charge in [-0.3, -0.25) is 4.90 Å². The van der Waals surface area contributed by atoms with E-state index in [0.29, 0.717) is 30.3 Å². The van der Waals surface area contributed by atoms with Gasteiger partial charge in [-0.05, 0) is 30.3 Å². The predicted molar refractivity (Wildman–Crippen MR) is 87.0 cm³/mol. The summed E-state index contributed by atoms with van der Waals surface area (Å²) in [5, 5.41) is 10.5. The third-order valence-electron chi connectivity index (χ3n) is 4.06. The van der Waals surface area contributed by atoms with E-state index in [1.807, 2.05) is 4.90 Å². The molecule has 3 nitrogen and oxygen atoms in total. The standard InChI is InChI=1S/C17H17ClF2N2O/c18-13-1-4-17(23)12(9-13)11-21-5-7-22(8-6-21)16-3-2-14(19)10-15(16)20/h1-4,9-10,23H,5-8,11H2. The lowest BCUT2D eigenvalue weighted by atomic mass is 10.1. The number of hydrogen-bond acceptors (Lipinski definition) is 3. The van der Waals surface area contributed by atoms with Crippen molar-refractivity contribution in [1.82, 2.24) is 4.90 Å². The van der Waals surface area contributed by atoms with E-state index < -0.39 is 11.6 Å². The zero-order valence-electron chi connectivity index (χ0n) is 12.5. The molecular weight excluding hydrogens is 322 g/mol. The lowest BCUT2D eigenvalue weighted by Crippen LogP contribution is -2.46. The maximum Gasteiger partial charge on any atom is 0.149 e. The minimum Gasteiger partial charge on any atom is -0.508 e. The van der Waals surface area contributed by atoms with Crippen LogP contribution in [0.15, 0.2) is 36.4 Å². The van der Waals surface area contributed by atoms with Crippen molar-refractivity contribution in [2.45, 2.75) is 6.54 Å². The fourth-order valence-corrected chi connectivity index (χ4v) is 3.00. The largest absolute Gasteiger partial charge is 0.508 e. The summed E-state index contributed by atoms with van der Waals surface area (Å²) in [5.74, 6) is -0.881. The lowest BCUT2D eigenvalue weighted by molar-refractivity contribution is 0.246. The van der Waals surface area contributed by atoms with Crippen LogP contribution in [0.5, 0.6) is 5.75 Å². The van der Waals surface area contributed by atoms with Gasteiger partial charge in [-0.1, -0.05) is 11.6 Å². The first-order chi connectivity index (χ1) is 11.0. The molecule has 0 spiro atoms. The van der Waals surface area contributed by atoms with Crippen LogP contribution in [0.2, 0.25) is 5.02 Å². The maximum absolute atomic E-state index is 13.8. The first kappa shape index (κ1) is 16.0. The van der Waals surface area contributed by atoms with Crippen molar-refractivity contribution in [2.24, 2.45) is 0 Å². The van der Waals surface area contributed by atoms with Crippen molar-refractivity contribution >= 4 is 17.3 Å². The average Bonchev–Trinajstić information content (AvgIpc) is 2.52. The molecule has 122 valence electrons. The molecular formula is C17H17ClF2N2O. The van der Waals surface area contributed by atoms with Crippen molar-refractivity contribution in [1.29, 1.82) is 0 Å². The average molecular weight is 339 g/mol. The molecule has 23 heavy (non-hydrogen) atoms. The van der Waals surface area contributed by atoms with Gasteiger partial charge in [0.25, 0.3) is 0 Å². The highest BCUT2D eigenvalue weighted by molar-refractivity contribution is 6.30. The van der Waals surface area contributed by atoms with E-state index >= 15 is 0 Å². The van der Waals surface area contributed by atoms with Crippen LogP contribution in [0.4, 0.5) is 14.5 Å². The predicted octanol–water partition coefficient (Wildman–Crippen LogP) is 3.65. The van der Waals surface area contributed by atoms with Crippen LogP contribution in [-0.4, -0.2) is 36.2 Å². The van der Waals surface area contributed by atoms with Crippen LogP contribution in [0, 0.1) is 11.6 Å². The molecule has 0 aromatic heterocycles. The fourth-order valence-electron chi connectivity index (χ4n) is 2.81. The van der Waals surface area contributed by atoms with E-state index in [9.17, 15) is 13.9 Å². The number of anilines is 1. The SMILES string of the molecule is Oc1ccc(Cl)cc1CN1CCN(c2ccc(F)cc2F)CC1. The number of phenolic OH excluding ortho intramolecular Hbond substituents is 1. The smallest absolute Gasteiger partial charge is 0.149 e. The zero-order valence-corrected chi connectivity index (χ0v) is 13.2. The van der Waals surface area contributed by atoms with E-state index in [1.165, 1.54) is 12.1 Å². The molecule has 3 rings (SSSR count). The number of aromatic hydroxyl groups is 1. The maximum atomic E-state index is 13.8. The second-order valence-corrected chi connectivity index (χ2v) is 6.07. The summed E-state index contributed by atoms with van der Waals surface area (Å²) in [6.07, 6.45) is 0. The third-order valence-corrected chi connectivity index (χ3v) is 4.29. The normalized spacial score (nSPS) is 15.9. The topological polar surface area (TPSA) is 26.7 Å². The fraction of sp³-hybridized carbons (Fsp3) is 0.294. The summed E-state index contributed by atoms with van der Waals surface area (Å²) in [5.41, 5.74) is 1.20. The molecule has 1 heterocycles. The molecule has 2 aromatic rings. The van der Waals surface area contributed by atoms with E-state index in [1.54, 1.807) is 18.2 Å². The monoisotopic (exact) mass is 338 g/mol.